The normalized spacial score (nSPS) is 19.0. The number of hydrogen-bond acceptors (Lipinski definition) is 4. The molecule has 0 spiro atoms. The molecule has 1 saturated heterocycles. The highest BCUT2D eigenvalue weighted by Gasteiger charge is 2.30. The van der Waals surface area contributed by atoms with E-state index in [1.54, 1.807) is 18.0 Å². The molecule has 1 amide bonds. The first-order valence-corrected chi connectivity index (χ1v) is 9.37. The van der Waals surface area contributed by atoms with Gasteiger partial charge in [0.25, 0.3) is 0 Å². The van der Waals surface area contributed by atoms with E-state index < -0.39 is 0 Å². The predicted octanol–water partition coefficient (Wildman–Crippen LogP) is 2.88. The Hall–Kier alpha value is -1.85. The van der Waals surface area contributed by atoms with Crippen molar-refractivity contribution in [3.63, 3.8) is 0 Å². The third kappa shape index (κ3) is 4.16. The molecule has 3 rings (SSSR count). The molecular weight excluding hydrogens is 318 g/mol. The lowest BCUT2D eigenvalue weighted by atomic mass is 10.0. The molecule has 2 aromatic rings. The summed E-state index contributed by atoms with van der Waals surface area (Å²) in [5, 5.41) is 3.33. The van der Waals surface area contributed by atoms with Crippen LogP contribution in [0.3, 0.4) is 0 Å². The molecule has 2 unspecified atom stereocenters. The van der Waals surface area contributed by atoms with Crippen LogP contribution in [0, 0.1) is 0 Å². The molecule has 2 heterocycles. The lowest BCUT2D eigenvalue weighted by Crippen LogP contribution is -2.50. The largest absolute Gasteiger partial charge is 0.332 e. The maximum atomic E-state index is 13.0. The van der Waals surface area contributed by atoms with E-state index in [1.807, 2.05) is 48.4 Å². The molecule has 1 N–H and O–H groups in total. The van der Waals surface area contributed by atoms with Crippen molar-refractivity contribution in [2.75, 3.05) is 19.6 Å². The molecule has 0 aliphatic carbocycles. The van der Waals surface area contributed by atoms with Crippen LogP contribution in [0.5, 0.6) is 0 Å². The summed E-state index contributed by atoms with van der Waals surface area (Å²) < 4.78 is 0. The highest BCUT2D eigenvalue weighted by molar-refractivity contribution is 7.99. The van der Waals surface area contributed by atoms with Crippen LogP contribution < -0.4 is 5.32 Å². The van der Waals surface area contributed by atoms with Gasteiger partial charge in [0, 0.05) is 37.8 Å². The zero-order valence-corrected chi connectivity index (χ0v) is 14.7. The van der Waals surface area contributed by atoms with Gasteiger partial charge in [-0.05, 0) is 24.1 Å². The minimum absolute atomic E-state index is 0.0533. The highest BCUT2D eigenvalue weighted by atomic mass is 32.2. The number of nitrogens with zero attached hydrogens (tertiary/aromatic N) is 2. The Kier molecular flexibility index (Phi) is 5.88. The number of nitrogens with one attached hydrogen (secondary N) is 1. The van der Waals surface area contributed by atoms with E-state index in [1.165, 1.54) is 5.56 Å². The minimum atomic E-state index is -0.0533. The molecule has 24 heavy (non-hydrogen) atoms. The molecule has 4 nitrogen and oxygen atoms in total. The average Bonchev–Trinajstić information content (AvgIpc) is 2.67. The van der Waals surface area contributed by atoms with E-state index in [9.17, 15) is 4.79 Å². The number of benzene rings is 1. The molecule has 0 bridgehead atoms. The second kappa shape index (κ2) is 8.31. The number of hydrogen-bond donors (Lipinski definition) is 1. The fourth-order valence-corrected chi connectivity index (χ4v) is 3.85. The summed E-state index contributed by atoms with van der Waals surface area (Å²) in [4.78, 5) is 19.2. The zero-order chi connectivity index (χ0) is 16.8. The Morgan fingerprint density at radius 3 is 2.92 bits per heavy atom. The molecule has 1 fully saturated rings. The molecule has 1 aromatic carbocycles. The van der Waals surface area contributed by atoms with Crippen LogP contribution in [0.25, 0.3) is 0 Å². The van der Waals surface area contributed by atoms with E-state index >= 15 is 0 Å². The maximum absolute atomic E-state index is 13.0. The van der Waals surface area contributed by atoms with Crippen LogP contribution in [0.15, 0.2) is 54.9 Å². The van der Waals surface area contributed by atoms with Crippen LogP contribution >= 0.6 is 11.8 Å². The first-order chi connectivity index (χ1) is 11.8. The van der Waals surface area contributed by atoms with Crippen LogP contribution in [-0.2, 0) is 10.5 Å². The first kappa shape index (κ1) is 17.0. The van der Waals surface area contributed by atoms with Gasteiger partial charge in [-0.2, -0.15) is 0 Å². The van der Waals surface area contributed by atoms with E-state index in [0.717, 1.165) is 31.0 Å². The SMILES string of the molecule is CC(SCc1ccccc1)C(=O)N1CCNCC1c1cccnc1. The van der Waals surface area contributed by atoms with Gasteiger partial charge >= 0.3 is 0 Å². The van der Waals surface area contributed by atoms with Gasteiger partial charge in [0.2, 0.25) is 5.91 Å². The van der Waals surface area contributed by atoms with Crippen molar-refractivity contribution >= 4 is 17.7 Å². The fraction of sp³-hybridized carbons (Fsp3) is 0.368. The van der Waals surface area contributed by atoms with Gasteiger partial charge in [0.1, 0.15) is 0 Å². The molecule has 1 aliphatic heterocycles. The summed E-state index contributed by atoms with van der Waals surface area (Å²) in [7, 11) is 0. The Morgan fingerprint density at radius 2 is 2.17 bits per heavy atom. The molecular formula is C19H23N3OS. The van der Waals surface area contributed by atoms with Gasteiger partial charge in [0.15, 0.2) is 0 Å². The summed E-state index contributed by atoms with van der Waals surface area (Å²) in [6.45, 7) is 4.39. The highest BCUT2D eigenvalue weighted by Crippen LogP contribution is 2.26. The Balaban J connectivity index is 1.65. The summed E-state index contributed by atoms with van der Waals surface area (Å²) in [6, 6.07) is 14.4. The topological polar surface area (TPSA) is 45.2 Å². The zero-order valence-electron chi connectivity index (χ0n) is 13.9. The Morgan fingerprint density at radius 1 is 1.33 bits per heavy atom. The van der Waals surface area contributed by atoms with Gasteiger partial charge in [-0.25, -0.2) is 0 Å². The first-order valence-electron chi connectivity index (χ1n) is 8.32. The van der Waals surface area contributed by atoms with Crippen LogP contribution in [0.1, 0.15) is 24.1 Å². The van der Waals surface area contributed by atoms with Crippen molar-refractivity contribution < 1.29 is 4.79 Å². The molecule has 5 heteroatoms. The Labute approximate surface area is 147 Å². The van der Waals surface area contributed by atoms with E-state index in [2.05, 4.69) is 22.4 Å². The van der Waals surface area contributed by atoms with Gasteiger partial charge in [-0.15, -0.1) is 11.8 Å². The number of carbonyl (C=O) groups is 1. The monoisotopic (exact) mass is 341 g/mol. The number of pyridine rings is 1. The van der Waals surface area contributed by atoms with Gasteiger partial charge in [-0.3, -0.25) is 9.78 Å². The summed E-state index contributed by atoms with van der Waals surface area (Å²) in [6.07, 6.45) is 3.63. The smallest absolute Gasteiger partial charge is 0.236 e. The quantitative estimate of drug-likeness (QED) is 0.908. The van der Waals surface area contributed by atoms with E-state index in [4.69, 9.17) is 0 Å². The van der Waals surface area contributed by atoms with E-state index in [0.29, 0.717) is 0 Å². The molecule has 1 aliphatic rings. The number of aromatic nitrogens is 1. The van der Waals surface area contributed by atoms with Crippen molar-refractivity contribution in [3.8, 4) is 0 Å². The minimum Gasteiger partial charge on any atom is -0.332 e. The average molecular weight is 341 g/mol. The van der Waals surface area contributed by atoms with Crippen molar-refractivity contribution in [3.05, 3.63) is 66.0 Å². The standard InChI is InChI=1S/C19H23N3OS/c1-15(24-14-16-6-3-2-4-7-16)19(23)22-11-10-21-13-18(22)17-8-5-9-20-12-17/h2-9,12,15,18,21H,10-11,13-14H2,1H3. The van der Waals surface area contributed by atoms with Gasteiger partial charge in [-0.1, -0.05) is 36.4 Å². The van der Waals surface area contributed by atoms with Crippen molar-refractivity contribution in [2.24, 2.45) is 0 Å². The Bertz CT molecular complexity index is 650. The molecule has 0 saturated carbocycles. The van der Waals surface area contributed by atoms with Gasteiger partial charge < -0.3 is 10.2 Å². The van der Waals surface area contributed by atoms with Crippen LogP contribution in [-0.4, -0.2) is 40.7 Å². The van der Waals surface area contributed by atoms with Crippen LogP contribution in [0.4, 0.5) is 0 Å². The number of rotatable bonds is 5. The molecule has 0 radical (unpaired) electrons. The van der Waals surface area contributed by atoms with E-state index in [-0.39, 0.29) is 17.2 Å². The third-order valence-corrected chi connectivity index (χ3v) is 5.49. The fourth-order valence-electron chi connectivity index (χ4n) is 2.94. The summed E-state index contributed by atoms with van der Waals surface area (Å²) in [5.74, 6) is 1.07. The molecule has 1 aromatic heterocycles. The third-order valence-electron chi connectivity index (χ3n) is 4.29. The second-order valence-electron chi connectivity index (χ2n) is 5.98. The number of amides is 1. The lowest BCUT2D eigenvalue weighted by Gasteiger charge is -2.37. The molecule has 2 atom stereocenters. The van der Waals surface area contributed by atoms with Crippen molar-refractivity contribution in [2.45, 2.75) is 24.0 Å². The summed E-state index contributed by atoms with van der Waals surface area (Å²) >= 11 is 1.70. The second-order valence-corrected chi connectivity index (χ2v) is 7.31. The lowest BCUT2D eigenvalue weighted by molar-refractivity contribution is -0.133. The maximum Gasteiger partial charge on any atom is 0.236 e. The van der Waals surface area contributed by atoms with Gasteiger partial charge in [0.05, 0.1) is 11.3 Å². The number of carbonyl (C=O) groups excluding carboxylic acids is 1. The van der Waals surface area contributed by atoms with Crippen LogP contribution in [0.2, 0.25) is 0 Å². The van der Waals surface area contributed by atoms with Crippen molar-refractivity contribution in [1.82, 2.24) is 15.2 Å². The molecule has 126 valence electrons. The number of thioether (sulfide) groups is 1. The summed E-state index contributed by atoms with van der Waals surface area (Å²) in [5.41, 5.74) is 2.35. The van der Waals surface area contributed by atoms with Crippen molar-refractivity contribution in [1.29, 1.82) is 0 Å². The predicted molar refractivity (Wildman–Crippen MR) is 98.8 cm³/mol. The number of piperazine rings is 1.